The van der Waals surface area contributed by atoms with E-state index in [1.165, 1.54) is 0 Å². The molecular weight excluding hydrogens is 264 g/mol. The summed E-state index contributed by atoms with van der Waals surface area (Å²) in [5.74, 6) is -1.71. The molecule has 0 aliphatic carbocycles. The number of aliphatic carboxylic acids is 1. The molecule has 18 heavy (non-hydrogen) atoms. The second-order valence-electron chi connectivity index (χ2n) is 4.15. The first-order chi connectivity index (χ1) is 8.14. The molecule has 0 aromatic carbocycles. The summed E-state index contributed by atoms with van der Waals surface area (Å²) in [6.07, 6.45) is 0.0770. The molecule has 0 rings (SSSR count). The second-order valence-corrected chi connectivity index (χ2v) is 5.31. The quantitative estimate of drug-likeness (QED) is 0.254. The number of hydrogen-bond donors (Lipinski definition) is 3. The Morgan fingerprint density at radius 3 is 2.50 bits per heavy atom. The Labute approximate surface area is 109 Å². The number of amides is 1. The van der Waals surface area contributed by atoms with E-state index in [9.17, 15) is 19.7 Å². The summed E-state index contributed by atoms with van der Waals surface area (Å²) in [5, 5.41) is 20.1. The van der Waals surface area contributed by atoms with Crippen LogP contribution in [0.4, 0.5) is 0 Å². The van der Waals surface area contributed by atoms with Crippen LogP contribution in [0.15, 0.2) is 0 Å². The average molecular weight is 280 g/mol. The molecule has 0 aliphatic heterocycles. The van der Waals surface area contributed by atoms with Gasteiger partial charge in [0, 0.05) is 11.2 Å². The lowest BCUT2D eigenvalue weighted by atomic mass is 10.0. The summed E-state index contributed by atoms with van der Waals surface area (Å²) in [6, 6.07) is -1.13. The molecular formula is C9H16N2O6S. The number of hydrogen-bond acceptors (Lipinski definition) is 6. The van der Waals surface area contributed by atoms with Crippen LogP contribution in [0.2, 0.25) is 0 Å². The Morgan fingerprint density at radius 1 is 1.56 bits per heavy atom. The molecule has 8 nitrogen and oxygen atoms in total. The third-order valence-corrected chi connectivity index (χ3v) is 2.26. The van der Waals surface area contributed by atoms with E-state index < -0.39 is 27.8 Å². The van der Waals surface area contributed by atoms with Crippen molar-refractivity contribution in [3.63, 3.8) is 0 Å². The van der Waals surface area contributed by atoms with Gasteiger partial charge in [0.15, 0.2) is 0 Å². The number of carbonyl (C=O) groups excluding carboxylic acids is 1. The monoisotopic (exact) mass is 280 g/mol. The maximum atomic E-state index is 11.4. The summed E-state index contributed by atoms with van der Waals surface area (Å²) in [5.41, 5.74) is 0. The zero-order valence-corrected chi connectivity index (χ0v) is 11.0. The third kappa shape index (κ3) is 6.94. The van der Waals surface area contributed by atoms with Gasteiger partial charge in [0.2, 0.25) is 5.91 Å². The van der Waals surface area contributed by atoms with Crippen molar-refractivity contribution in [2.45, 2.75) is 37.5 Å². The molecule has 0 aromatic rings. The molecule has 9 heteroatoms. The number of thiol groups is 1. The van der Waals surface area contributed by atoms with E-state index in [0.29, 0.717) is 0 Å². The molecule has 0 unspecified atom stereocenters. The normalized spacial score (nSPS) is 12.6. The zero-order chi connectivity index (χ0) is 14.3. The van der Waals surface area contributed by atoms with Crippen LogP contribution in [-0.4, -0.2) is 39.5 Å². The molecule has 0 heterocycles. The number of rotatable bonds is 8. The number of carbonyl (C=O) groups is 2. The maximum Gasteiger partial charge on any atom is 0.327 e. The fourth-order valence-electron chi connectivity index (χ4n) is 1.15. The summed E-state index contributed by atoms with van der Waals surface area (Å²) in [6.45, 7) is 2.92. The average Bonchev–Trinajstić information content (AvgIpc) is 2.18. The molecule has 1 atom stereocenters. The fraction of sp³-hybridized carbons (Fsp3) is 0.778. The first-order valence-electron chi connectivity index (χ1n) is 5.16. The Kier molecular flexibility index (Phi) is 6.45. The van der Waals surface area contributed by atoms with Crippen molar-refractivity contribution >= 4 is 24.5 Å². The topological polar surface area (TPSA) is 119 Å². The lowest BCUT2D eigenvalue weighted by Gasteiger charge is -2.26. The van der Waals surface area contributed by atoms with Gasteiger partial charge in [0.1, 0.15) is 6.04 Å². The second kappa shape index (κ2) is 7.04. The Morgan fingerprint density at radius 2 is 2.11 bits per heavy atom. The van der Waals surface area contributed by atoms with E-state index in [4.69, 9.17) is 5.11 Å². The highest BCUT2D eigenvalue weighted by Crippen LogP contribution is 2.17. The van der Waals surface area contributed by atoms with E-state index in [2.05, 4.69) is 22.8 Å². The number of nitrogens with zero attached hydrogens (tertiary/aromatic N) is 1. The molecule has 0 spiro atoms. The van der Waals surface area contributed by atoms with Crippen LogP contribution < -0.4 is 5.32 Å². The van der Waals surface area contributed by atoms with Crippen LogP contribution in [0, 0.1) is 10.1 Å². The predicted octanol–water partition coefficient (Wildman–Crippen LogP) is 0.253. The van der Waals surface area contributed by atoms with E-state index in [1.807, 2.05) is 0 Å². The van der Waals surface area contributed by atoms with Gasteiger partial charge in [-0.2, -0.15) is 12.6 Å². The van der Waals surface area contributed by atoms with Crippen LogP contribution in [-0.2, 0) is 14.4 Å². The van der Waals surface area contributed by atoms with Crippen molar-refractivity contribution in [1.29, 1.82) is 0 Å². The number of carboxylic acid groups (broad SMARTS) is 1. The van der Waals surface area contributed by atoms with Crippen molar-refractivity contribution in [3.8, 4) is 0 Å². The highest BCUT2D eigenvalue weighted by Gasteiger charge is 2.33. The van der Waals surface area contributed by atoms with Gasteiger partial charge in [-0.3, -0.25) is 4.79 Å². The lowest BCUT2D eigenvalue weighted by molar-refractivity contribution is -0.757. The number of nitrogens with one attached hydrogen (secondary N) is 1. The molecule has 104 valence electrons. The van der Waals surface area contributed by atoms with Crippen molar-refractivity contribution in [2.75, 3.05) is 6.61 Å². The van der Waals surface area contributed by atoms with Gasteiger partial charge in [0.25, 0.3) is 5.09 Å². The van der Waals surface area contributed by atoms with E-state index >= 15 is 0 Å². The lowest BCUT2D eigenvalue weighted by Crippen LogP contribution is -2.51. The molecule has 2 N–H and O–H groups in total. The first kappa shape index (κ1) is 16.5. The van der Waals surface area contributed by atoms with Crippen molar-refractivity contribution < 1.29 is 24.6 Å². The van der Waals surface area contributed by atoms with Gasteiger partial charge in [0.05, 0.1) is 6.61 Å². The molecule has 1 amide bonds. The molecule has 0 aromatic heterocycles. The smallest absolute Gasteiger partial charge is 0.327 e. The van der Waals surface area contributed by atoms with Crippen LogP contribution in [0.3, 0.4) is 0 Å². The SMILES string of the molecule is CC(C)(S)[C@H](NC(=O)CCCO[N+](=O)[O-])C(=O)O. The van der Waals surface area contributed by atoms with E-state index in [1.54, 1.807) is 13.8 Å². The number of carboxylic acids is 1. The van der Waals surface area contributed by atoms with Gasteiger partial charge in [-0.15, -0.1) is 10.1 Å². The van der Waals surface area contributed by atoms with E-state index in [0.717, 1.165) is 0 Å². The van der Waals surface area contributed by atoms with Gasteiger partial charge in [-0.1, -0.05) is 0 Å². The Bertz CT molecular complexity index is 328. The Balaban J connectivity index is 4.12. The standard InChI is InChI=1S/C9H16N2O6S/c1-9(2,18)7(8(13)14)10-6(12)4-3-5-17-11(15)16/h7,18H,3-5H2,1-2H3,(H,10,12)(H,13,14)/t7-/m1/s1. The predicted molar refractivity (Wildman–Crippen MR) is 64.8 cm³/mol. The van der Waals surface area contributed by atoms with Crippen LogP contribution >= 0.6 is 12.6 Å². The van der Waals surface area contributed by atoms with E-state index in [-0.39, 0.29) is 19.4 Å². The summed E-state index contributed by atoms with van der Waals surface area (Å²) < 4.78 is -0.918. The highest BCUT2D eigenvalue weighted by molar-refractivity contribution is 7.81. The first-order valence-corrected chi connectivity index (χ1v) is 5.61. The zero-order valence-electron chi connectivity index (χ0n) is 10.1. The van der Waals surface area contributed by atoms with Gasteiger partial charge in [-0.25, -0.2) is 4.79 Å². The molecule has 0 bridgehead atoms. The summed E-state index contributed by atoms with van der Waals surface area (Å²) in [4.78, 5) is 36.2. The third-order valence-electron chi connectivity index (χ3n) is 2.00. The van der Waals surface area contributed by atoms with Crippen LogP contribution in [0.1, 0.15) is 26.7 Å². The molecule has 0 fully saturated rings. The van der Waals surface area contributed by atoms with Gasteiger partial charge < -0.3 is 15.3 Å². The minimum absolute atomic E-state index is 0.0541. The molecule has 0 aliphatic rings. The van der Waals surface area contributed by atoms with Crippen molar-refractivity contribution in [1.82, 2.24) is 5.32 Å². The Hall–Kier alpha value is -1.51. The maximum absolute atomic E-state index is 11.4. The minimum Gasteiger partial charge on any atom is -0.480 e. The minimum atomic E-state index is -1.19. The van der Waals surface area contributed by atoms with Crippen molar-refractivity contribution in [2.24, 2.45) is 0 Å². The van der Waals surface area contributed by atoms with Crippen molar-refractivity contribution in [3.05, 3.63) is 10.1 Å². The fourth-order valence-corrected chi connectivity index (χ4v) is 1.32. The summed E-state index contributed by atoms with van der Waals surface area (Å²) in [7, 11) is 0. The largest absolute Gasteiger partial charge is 0.480 e. The van der Waals surface area contributed by atoms with Gasteiger partial charge in [-0.05, 0) is 20.3 Å². The molecule has 0 radical (unpaired) electrons. The van der Waals surface area contributed by atoms with Gasteiger partial charge >= 0.3 is 5.97 Å². The van der Waals surface area contributed by atoms with Crippen LogP contribution in [0.25, 0.3) is 0 Å². The molecule has 0 saturated carbocycles. The highest BCUT2D eigenvalue weighted by atomic mass is 32.1. The van der Waals surface area contributed by atoms with Crippen LogP contribution in [0.5, 0.6) is 0 Å². The summed E-state index contributed by atoms with van der Waals surface area (Å²) >= 11 is 4.09. The molecule has 0 saturated heterocycles.